The van der Waals surface area contributed by atoms with Gasteiger partial charge in [-0.25, -0.2) is 9.37 Å². The molecule has 0 spiro atoms. The smallest absolute Gasteiger partial charge is 0.220 e. The van der Waals surface area contributed by atoms with Crippen molar-refractivity contribution in [3.05, 3.63) is 53.9 Å². The Hall–Kier alpha value is -1.95. The maximum Gasteiger partial charge on any atom is 0.220 e. The molecule has 1 aliphatic heterocycles. The van der Waals surface area contributed by atoms with E-state index in [9.17, 15) is 8.78 Å². The second-order valence-corrected chi connectivity index (χ2v) is 6.47. The fourth-order valence-electron chi connectivity index (χ4n) is 2.59. The van der Waals surface area contributed by atoms with Crippen LogP contribution < -0.4 is 5.73 Å². The lowest BCUT2D eigenvalue weighted by Gasteiger charge is -2.30. The first-order valence-electron chi connectivity index (χ1n) is 6.89. The molecular weight excluding hydrogens is 304 g/mol. The zero-order valence-corrected chi connectivity index (χ0v) is 12.8. The van der Waals surface area contributed by atoms with Crippen LogP contribution in [0.5, 0.6) is 0 Å². The summed E-state index contributed by atoms with van der Waals surface area (Å²) in [6.07, 6.45) is 2.06. The first-order valence-corrected chi connectivity index (χ1v) is 7.87. The number of benzene rings is 1. The van der Waals surface area contributed by atoms with E-state index in [2.05, 4.69) is 9.98 Å². The fourth-order valence-corrected chi connectivity index (χ4v) is 3.56. The van der Waals surface area contributed by atoms with E-state index in [-0.39, 0.29) is 5.82 Å². The van der Waals surface area contributed by atoms with E-state index in [1.165, 1.54) is 24.0 Å². The van der Waals surface area contributed by atoms with Crippen LogP contribution in [-0.2, 0) is 5.54 Å². The lowest BCUT2D eigenvalue weighted by Crippen LogP contribution is -2.29. The Morgan fingerprint density at radius 3 is 2.82 bits per heavy atom. The number of rotatable bonds is 2. The van der Waals surface area contributed by atoms with Crippen molar-refractivity contribution in [1.82, 2.24) is 4.98 Å². The van der Waals surface area contributed by atoms with Gasteiger partial charge in [0.25, 0.3) is 0 Å². The van der Waals surface area contributed by atoms with E-state index >= 15 is 0 Å². The zero-order valence-electron chi connectivity index (χ0n) is 12.0. The Balaban J connectivity index is 2.12. The fraction of sp³-hybridized carbons (Fsp3) is 0.250. The molecule has 0 unspecified atom stereocenters. The van der Waals surface area contributed by atoms with Gasteiger partial charge in [-0.1, -0.05) is 17.8 Å². The maximum absolute atomic E-state index is 14.3. The number of pyridine rings is 1. The van der Waals surface area contributed by atoms with Gasteiger partial charge in [-0.15, -0.1) is 0 Å². The monoisotopic (exact) mass is 319 g/mol. The minimum Gasteiger partial charge on any atom is -0.379 e. The minimum atomic E-state index is -0.728. The van der Waals surface area contributed by atoms with Crippen LogP contribution in [0.25, 0.3) is 11.1 Å². The van der Waals surface area contributed by atoms with Gasteiger partial charge in [-0.2, -0.15) is 4.39 Å². The van der Waals surface area contributed by atoms with Crippen LogP contribution in [0.3, 0.4) is 0 Å². The Morgan fingerprint density at radius 1 is 1.27 bits per heavy atom. The van der Waals surface area contributed by atoms with Crippen LogP contribution in [0.4, 0.5) is 8.78 Å². The second kappa shape index (κ2) is 5.68. The summed E-state index contributed by atoms with van der Waals surface area (Å²) in [6.45, 7) is 1.85. The minimum absolute atomic E-state index is 0.342. The van der Waals surface area contributed by atoms with Crippen LogP contribution in [0.2, 0.25) is 0 Å². The number of halogens is 2. The number of aliphatic imine (C=N–C) groups is 1. The van der Waals surface area contributed by atoms with Crippen LogP contribution in [-0.4, -0.2) is 15.9 Å². The summed E-state index contributed by atoms with van der Waals surface area (Å²) in [4.78, 5) is 8.05. The largest absolute Gasteiger partial charge is 0.379 e. The molecule has 114 valence electrons. The third-order valence-corrected chi connectivity index (χ3v) is 4.61. The Labute approximate surface area is 131 Å². The summed E-state index contributed by atoms with van der Waals surface area (Å²) in [5.74, 6) is -0.164. The predicted octanol–water partition coefficient (Wildman–Crippen LogP) is 3.69. The molecule has 0 radical (unpaired) electrons. The molecule has 1 aromatic carbocycles. The van der Waals surface area contributed by atoms with Crippen molar-refractivity contribution < 1.29 is 8.78 Å². The van der Waals surface area contributed by atoms with Crippen molar-refractivity contribution in [1.29, 1.82) is 0 Å². The molecule has 0 aliphatic carbocycles. The SMILES string of the molecule is C[C@@]1(c2cc(-c3cccnc3F)ccc2F)CCSC(N)=N1. The average Bonchev–Trinajstić information content (AvgIpc) is 2.48. The predicted molar refractivity (Wildman–Crippen MR) is 85.6 cm³/mol. The highest BCUT2D eigenvalue weighted by molar-refractivity contribution is 8.13. The van der Waals surface area contributed by atoms with Crippen molar-refractivity contribution in [2.75, 3.05) is 5.75 Å². The number of thioether (sulfide) groups is 1. The molecule has 2 N–H and O–H groups in total. The van der Waals surface area contributed by atoms with Crippen molar-refractivity contribution in [2.24, 2.45) is 10.7 Å². The van der Waals surface area contributed by atoms with Crippen LogP contribution in [0, 0.1) is 11.8 Å². The van der Waals surface area contributed by atoms with Crippen molar-refractivity contribution in [3.63, 3.8) is 0 Å². The topological polar surface area (TPSA) is 51.3 Å². The lowest BCUT2D eigenvalue weighted by molar-refractivity contribution is 0.450. The van der Waals surface area contributed by atoms with Gasteiger partial charge in [-0.05, 0) is 43.2 Å². The highest BCUT2D eigenvalue weighted by atomic mass is 32.2. The van der Waals surface area contributed by atoms with Gasteiger partial charge < -0.3 is 5.73 Å². The molecule has 3 rings (SSSR count). The van der Waals surface area contributed by atoms with Crippen molar-refractivity contribution >= 4 is 16.9 Å². The zero-order chi connectivity index (χ0) is 15.7. The van der Waals surface area contributed by atoms with E-state index < -0.39 is 11.5 Å². The Morgan fingerprint density at radius 2 is 2.09 bits per heavy atom. The van der Waals surface area contributed by atoms with Gasteiger partial charge in [0.2, 0.25) is 5.95 Å². The molecule has 0 saturated heterocycles. The molecule has 2 aromatic rings. The van der Waals surface area contributed by atoms with E-state index in [0.29, 0.717) is 28.3 Å². The summed E-state index contributed by atoms with van der Waals surface area (Å²) in [6, 6.07) is 7.80. The van der Waals surface area contributed by atoms with E-state index in [1.54, 1.807) is 24.3 Å². The van der Waals surface area contributed by atoms with Crippen LogP contribution in [0.1, 0.15) is 18.9 Å². The van der Waals surface area contributed by atoms with E-state index in [0.717, 1.165) is 5.75 Å². The molecular formula is C16H15F2N3S. The van der Waals surface area contributed by atoms with Gasteiger partial charge in [0.1, 0.15) is 5.82 Å². The Bertz CT molecular complexity index is 748. The van der Waals surface area contributed by atoms with Gasteiger partial charge in [0, 0.05) is 23.1 Å². The molecule has 0 amide bonds. The van der Waals surface area contributed by atoms with Gasteiger partial charge in [-0.3, -0.25) is 4.99 Å². The number of nitrogens with zero attached hydrogens (tertiary/aromatic N) is 2. The molecule has 1 atom stereocenters. The second-order valence-electron chi connectivity index (χ2n) is 5.36. The molecule has 3 nitrogen and oxygen atoms in total. The number of hydrogen-bond donors (Lipinski definition) is 1. The summed E-state index contributed by atoms with van der Waals surface area (Å²) >= 11 is 1.46. The lowest BCUT2D eigenvalue weighted by atomic mass is 9.87. The first-order chi connectivity index (χ1) is 10.5. The number of nitrogens with two attached hydrogens (primary N) is 1. The van der Waals surface area contributed by atoms with E-state index in [4.69, 9.17) is 5.73 Å². The standard InChI is InChI=1S/C16H15F2N3S/c1-16(6-8-22-15(19)21-16)12-9-10(4-5-13(12)17)11-3-2-7-20-14(11)18/h2-5,7,9H,6,8H2,1H3,(H2,19,21)/t16-/m0/s1. The van der Waals surface area contributed by atoms with Crippen LogP contribution >= 0.6 is 11.8 Å². The van der Waals surface area contributed by atoms with Crippen LogP contribution in [0.15, 0.2) is 41.5 Å². The maximum atomic E-state index is 14.3. The summed E-state index contributed by atoms with van der Waals surface area (Å²) in [5.41, 5.74) is 6.41. The molecule has 22 heavy (non-hydrogen) atoms. The summed E-state index contributed by atoms with van der Waals surface area (Å²) < 4.78 is 28.2. The molecule has 0 fully saturated rings. The van der Waals surface area contributed by atoms with Crippen molar-refractivity contribution in [3.8, 4) is 11.1 Å². The summed E-state index contributed by atoms with van der Waals surface area (Å²) in [7, 11) is 0. The molecule has 6 heteroatoms. The normalized spacial score (nSPS) is 21.5. The highest BCUT2D eigenvalue weighted by Gasteiger charge is 2.32. The highest BCUT2D eigenvalue weighted by Crippen LogP contribution is 2.38. The first kappa shape index (κ1) is 15.0. The van der Waals surface area contributed by atoms with Gasteiger partial charge in [0.15, 0.2) is 5.17 Å². The summed E-state index contributed by atoms with van der Waals surface area (Å²) in [5, 5.41) is 0.450. The quantitative estimate of drug-likeness (QED) is 0.859. The number of aromatic nitrogens is 1. The van der Waals surface area contributed by atoms with Gasteiger partial charge >= 0.3 is 0 Å². The van der Waals surface area contributed by atoms with E-state index in [1.807, 2.05) is 6.92 Å². The molecule has 2 heterocycles. The Kier molecular flexibility index (Phi) is 3.87. The molecule has 0 bridgehead atoms. The van der Waals surface area contributed by atoms with Gasteiger partial charge in [0.05, 0.1) is 5.54 Å². The third kappa shape index (κ3) is 2.70. The molecule has 0 saturated carbocycles. The van der Waals surface area contributed by atoms with Crippen molar-refractivity contribution in [2.45, 2.75) is 18.9 Å². The average molecular weight is 319 g/mol. The molecule has 1 aromatic heterocycles. The number of amidine groups is 1. The molecule has 1 aliphatic rings. The number of hydrogen-bond acceptors (Lipinski definition) is 4. The third-order valence-electron chi connectivity index (χ3n) is 3.81.